The van der Waals surface area contributed by atoms with Gasteiger partial charge in [0.2, 0.25) is 0 Å². The Balaban J connectivity index is 1.57. The number of nitrogens with zero attached hydrogens (tertiary/aromatic N) is 2. The van der Waals surface area contributed by atoms with Gasteiger partial charge in [-0.2, -0.15) is 22.0 Å². The number of ether oxygens (including phenoxy) is 2. The van der Waals surface area contributed by atoms with Crippen LogP contribution in [0.3, 0.4) is 0 Å². The molecule has 0 aliphatic carbocycles. The van der Waals surface area contributed by atoms with Crippen LogP contribution in [0.15, 0.2) is 42.5 Å². The van der Waals surface area contributed by atoms with Crippen LogP contribution >= 0.6 is 0 Å². The largest absolute Gasteiger partial charge is 0.493 e. The number of piperazine rings is 1. The van der Waals surface area contributed by atoms with E-state index in [2.05, 4.69) is 4.74 Å². The third-order valence-electron chi connectivity index (χ3n) is 4.97. The summed E-state index contributed by atoms with van der Waals surface area (Å²) in [5, 5.41) is 0. The smallest absolute Gasteiger partial charge is 0.416 e. The molecule has 1 amide bonds. The van der Waals surface area contributed by atoms with Crippen LogP contribution in [0.25, 0.3) is 0 Å². The number of hydrogen-bond acceptors (Lipinski definition) is 4. The highest BCUT2D eigenvalue weighted by Crippen LogP contribution is 2.31. The summed E-state index contributed by atoms with van der Waals surface area (Å²) in [5.74, 6) is -0.390. The summed E-state index contributed by atoms with van der Waals surface area (Å²) in [7, 11) is 1.29. The number of amides is 1. The minimum absolute atomic E-state index is 0.0343. The first-order chi connectivity index (χ1) is 14.7. The maximum atomic E-state index is 12.8. The summed E-state index contributed by atoms with van der Waals surface area (Å²) in [5.41, 5.74) is 0.355. The van der Waals surface area contributed by atoms with Crippen LogP contribution in [0.1, 0.15) is 21.5 Å². The number of rotatable bonds is 6. The lowest BCUT2D eigenvalue weighted by atomic mass is 10.1. The predicted molar refractivity (Wildman–Crippen MR) is 102 cm³/mol. The molecule has 0 atom stereocenters. The molecule has 1 aliphatic heterocycles. The third-order valence-corrected chi connectivity index (χ3v) is 4.97. The summed E-state index contributed by atoms with van der Waals surface area (Å²) in [6, 6.07) is 9.05. The number of hydrogen-bond donors (Lipinski definition) is 0. The molecule has 0 radical (unpaired) electrons. The van der Waals surface area contributed by atoms with Crippen LogP contribution < -0.4 is 9.47 Å². The molecule has 3 rings (SSSR count). The maximum absolute atomic E-state index is 12.8. The summed E-state index contributed by atoms with van der Waals surface area (Å²) in [4.78, 5) is 16.4. The van der Waals surface area contributed by atoms with Crippen molar-refractivity contribution in [3.05, 3.63) is 59.2 Å². The van der Waals surface area contributed by atoms with E-state index in [1.807, 2.05) is 4.90 Å². The van der Waals surface area contributed by atoms with Gasteiger partial charge >= 0.3 is 12.8 Å². The van der Waals surface area contributed by atoms with Gasteiger partial charge in [0.25, 0.3) is 5.91 Å². The molecule has 0 unspecified atom stereocenters. The molecule has 1 heterocycles. The Kier molecular flexibility index (Phi) is 6.99. The monoisotopic (exact) mass is 444 g/mol. The van der Waals surface area contributed by atoms with Crippen molar-refractivity contribution < 1.29 is 36.2 Å². The number of carbonyl (C=O) groups is 1. The Morgan fingerprint density at radius 2 is 1.65 bits per heavy atom. The van der Waals surface area contributed by atoms with E-state index in [0.717, 1.165) is 17.7 Å². The fourth-order valence-corrected chi connectivity index (χ4v) is 3.34. The van der Waals surface area contributed by atoms with Gasteiger partial charge in [0.05, 0.1) is 12.7 Å². The van der Waals surface area contributed by atoms with E-state index in [1.54, 1.807) is 4.90 Å². The average molecular weight is 444 g/mol. The van der Waals surface area contributed by atoms with Gasteiger partial charge in [-0.25, -0.2) is 0 Å². The molecular weight excluding hydrogens is 423 g/mol. The number of alkyl halides is 5. The van der Waals surface area contributed by atoms with E-state index < -0.39 is 18.4 Å². The molecule has 0 spiro atoms. The van der Waals surface area contributed by atoms with Crippen LogP contribution in [0, 0.1) is 0 Å². The predicted octanol–water partition coefficient (Wildman–Crippen LogP) is 4.27. The Labute approximate surface area is 176 Å². The zero-order valence-corrected chi connectivity index (χ0v) is 16.7. The minimum Gasteiger partial charge on any atom is -0.493 e. The topological polar surface area (TPSA) is 42.0 Å². The van der Waals surface area contributed by atoms with Crippen molar-refractivity contribution in [2.24, 2.45) is 0 Å². The van der Waals surface area contributed by atoms with Gasteiger partial charge < -0.3 is 14.4 Å². The summed E-state index contributed by atoms with van der Waals surface area (Å²) in [6.07, 6.45) is -4.36. The molecule has 31 heavy (non-hydrogen) atoms. The van der Waals surface area contributed by atoms with E-state index in [0.29, 0.717) is 32.7 Å². The van der Waals surface area contributed by atoms with Gasteiger partial charge in [-0.1, -0.05) is 12.1 Å². The van der Waals surface area contributed by atoms with Gasteiger partial charge in [0, 0.05) is 38.3 Å². The van der Waals surface area contributed by atoms with Crippen LogP contribution in [0.5, 0.6) is 11.5 Å². The molecule has 0 saturated carbocycles. The van der Waals surface area contributed by atoms with Crippen LogP contribution in [0.4, 0.5) is 22.0 Å². The number of carbonyl (C=O) groups excluding carboxylic acids is 1. The minimum atomic E-state index is -4.36. The molecule has 2 aromatic carbocycles. The molecule has 10 heteroatoms. The fraction of sp³-hybridized carbons (Fsp3) is 0.381. The highest BCUT2D eigenvalue weighted by Gasteiger charge is 2.30. The molecular formula is C21H21F5N2O3. The van der Waals surface area contributed by atoms with Crippen LogP contribution in [-0.4, -0.2) is 55.6 Å². The molecule has 0 aromatic heterocycles. The lowest BCUT2D eigenvalue weighted by molar-refractivity contribution is -0.137. The van der Waals surface area contributed by atoms with Gasteiger partial charge in [-0.05, 0) is 35.9 Å². The Bertz CT molecular complexity index is 895. The Morgan fingerprint density at radius 3 is 2.19 bits per heavy atom. The van der Waals surface area contributed by atoms with Crippen molar-refractivity contribution in [1.29, 1.82) is 0 Å². The number of halogens is 5. The van der Waals surface area contributed by atoms with Crippen molar-refractivity contribution in [3.8, 4) is 11.5 Å². The van der Waals surface area contributed by atoms with Crippen molar-refractivity contribution in [2.75, 3.05) is 33.3 Å². The molecule has 1 aliphatic rings. The summed E-state index contributed by atoms with van der Waals surface area (Å²) < 4.78 is 72.3. The zero-order valence-electron chi connectivity index (χ0n) is 16.7. The first-order valence-electron chi connectivity index (χ1n) is 9.48. The second kappa shape index (κ2) is 9.51. The molecule has 168 valence electrons. The van der Waals surface area contributed by atoms with Gasteiger partial charge in [-0.3, -0.25) is 9.69 Å². The van der Waals surface area contributed by atoms with Crippen molar-refractivity contribution in [3.63, 3.8) is 0 Å². The zero-order chi connectivity index (χ0) is 22.6. The second-order valence-electron chi connectivity index (χ2n) is 7.01. The lowest BCUT2D eigenvalue weighted by Crippen LogP contribution is -2.48. The summed E-state index contributed by atoms with van der Waals surface area (Å²) in [6.45, 7) is -0.567. The maximum Gasteiger partial charge on any atom is 0.416 e. The van der Waals surface area contributed by atoms with E-state index in [-0.39, 0.29) is 23.0 Å². The Hall–Kier alpha value is -2.88. The van der Waals surface area contributed by atoms with E-state index in [4.69, 9.17) is 4.74 Å². The van der Waals surface area contributed by atoms with Crippen LogP contribution in [-0.2, 0) is 12.7 Å². The highest BCUT2D eigenvalue weighted by molar-refractivity contribution is 5.95. The van der Waals surface area contributed by atoms with Gasteiger partial charge in [-0.15, -0.1) is 0 Å². The second-order valence-corrected chi connectivity index (χ2v) is 7.01. The molecule has 1 fully saturated rings. The average Bonchev–Trinajstić information content (AvgIpc) is 2.73. The SMILES string of the molecule is COc1cc(C(=O)N2CCN(Cc3ccc(C(F)(F)F)cc3)CC2)ccc1OC(F)F. The number of benzene rings is 2. The first kappa shape index (κ1) is 22.8. The Morgan fingerprint density at radius 1 is 1.00 bits per heavy atom. The molecule has 0 N–H and O–H groups in total. The molecule has 0 bridgehead atoms. The fourth-order valence-electron chi connectivity index (χ4n) is 3.34. The molecule has 1 saturated heterocycles. The first-order valence-corrected chi connectivity index (χ1v) is 9.48. The molecule has 5 nitrogen and oxygen atoms in total. The van der Waals surface area contributed by atoms with Gasteiger partial charge in [0.15, 0.2) is 11.5 Å². The lowest BCUT2D eigenvalue weighted by Gasteiger charge is -2.35. The third kappa shape index (κ3) is 5.84. The van der Waals surface area contributed by atoms with E-state index >= 15 is 0 Å². The van der Waals surface area contributed by atoms with Gasteiger partial charge in [0.1, 0.15) is 0 Å². The normalized spacial score (nSPS) is 15.3. The molecule has 2 aromatic rings. The van der Waals surface area contributed by atoms with Crippen molar-refractivity contribution in [2.45, 2.75) is 19.3 Å². The number of methoxy groups -OCH3 is 1. The van der Waals surface area contributed by atoms with E-state index in [9.17, 15) is 26.7 Å². The van der Waals surface area contributed by atoms with E-state index in [1.165, 1.54) is 37.4 Å². The summed E-state index contributed by atoms with van der Waals surface area (Å²) >= 11 is 0. The highest BCUT2D eigenvalue weighted by atomic mass is 19.4. The quantitative estimate of drug-likeness (QED) is 0.624. The van der Waals surface area contributed by atoms with Crippen LogP contribution in [0.2, 0.25) is 0 Å². The standard InChI is InChI=1S/C21H21F5N2O3/c1-30-18-12-15(4-7-17(18)31-20(22)23)19(29)28-10-8-27(9-11-28)13-14-2-5-16(6-3-14)21(24,25)26/h2-7,12,20H,8-11,13H2,1H3. The van der Waals surface area contributed by atoms with Crippen molar-refractivity contribution in [1.82, 2.24) is 9.80 Å². The van der Waals surface area contributed by atoms with Crippen molar-refractivity contribution >= 4 is 5.91 Å².